The maximum atomic E-state index is 12.2. The summed E-state index contributed by atoms with van der Waals surface area (Å²) in [6.07, 6.45) is 4.00. The monoisotopic (exact) mass is 374 g/mol. The number of para-hydroxylation sites is 2. The minimum absolute atomic E-state index is 0.0235. The van der Waals surface area contributed by atoms with Crippen LogP contribution in [0.25, 0.3) is 0 Å². The lowest BCUT2D eigenvalue weighted by molar-refractivity contribution is -0.149. The molecule has 0 saturated heterocycles. The molecule has 0 atom stereocenters. The van der Waals surface area contributed by atoms with Crippen LogP contribution in [0.3, 0.4) is 0 Å². The summed E-state index contributed by atoms with van der Waals surface area (Å²) >= 11 is 1.33. The molecule has 138 valence electrons. The molecular formula is C19H22N2O4S. The number of amides is 1. The molecular weight excluding hydrogens is 352 g/mol. The van der Waals surface area contributed by atoms with Gasteiger partial charge in [0.25, 0.3) is 0 Å². The van der Waals surface area contributed by atoms with Crippen LogP contribution in [-0.2, 0) is 20.9 Å². The van der Waals surface area contributed by atoms with E-state index >= 15 is 0 Å². The third kappa shape index (κ3) is 4.04. The van der Waals surface area contributed by atoms with Gasteiger partial charge in [0.1, 0.15) is 12.4 Å². The van der Waals surface area contributed by atoms with Gasteiger partial charge >= 0.3 is 5.97 Å². The number of benzene rings is 1. The van der Waals surface area contributed by atoms with E-state index in [1.807, 2.05) is 17.5 Å². The van der Waals surface area contributed by atoms with Gasteiger partial charge in [0.05, 0.1) is 24.4 Å². The summed E-state index contributed by atoms with van der Waals surface area (Å²) in [5.74, 6) is 0.297. The van der Waals surface area contributed by atoms with E-state index in [-0.39, 0.29) is 24.4 Å². The number of nitrogens with zero attached hydrogens (tertiary/aromatic N) is 2. The Bertz CT molecular complexity index is 783. The fraction of sp³-hybridized carbons (Fsp3) is 0.421. The van der Waals surface area contributed by atoms with Crippen molar-refractivity contribution in [2.75, 3.05) is 12.0 Å². The molecule has 7 heteroatoms. The van der Waals surface area contributed by atoms with Gasteiger partial charge in [0.15, 0.2) is 5.13 Å². The lowest BCUT2D eigenvalue weighted by Crippen LogP contribution is -2.23. The summed E-state index contributed by atoms with van der Waals surface area (Å²) in [7, 11) is 1.56. The molecule has 0 unspecified atom stereocenters. The van der Waals surface area contributed by atoms with Gasteiger partial charge in [-0.3, -0.25) is 14.5 Å². The minimum atomic E-state index is -0.168. The van der Waals surface area contributed by atoms with Crippen LogP contribution in [0.15, 0.2) is 29.6 Å². The summed E-state index contributed by atoms with van der Waals surface area (Å²) in [6, 6.07) is 7.28. The van der Waals surface area contributed by atoms with Gasteiger partial charge in [-0.1, -0.05) is 25.0 Å². The Balaban J connectivity index is 1.73. The van der Waals surface area contributed by atoms with E-state index in [1.54, 1.807) is 19.2 Å². The lowest BCUT2D eigenvalue weighted by Gasteiger charge is -2.20. The van der Waals surface area contributed by atoms with Crippen LogP contribution in [0.5, 0.6) is 5.75 Å². The zero-order valence-corrected chi connectivity index (χ0v) is 15.8. The smallest absolute Gasteiger partial charge is 0.309 e. The molecule has 26 heavy (non-hydrogen) atoms. The highest BCUT2D eigenvalue weighted by Gasteiger charge is 2.25. The van der Waals surface area contributed by atoms with E-state index in [1.165, 1.54) is 23.2 Å². The molecule has 6 nitrogen and oxygen atoms in total. The highest BCUT2D eigenvalue weighted by Crippen LogP contribution is 2.35. The summed E-state index contributed by atoms with van der Waals surface area (Å²) in [4.78, 5) is 30.2. The number of methoxy groups -OCH3 is 1. The van der Waals surface area contributed by atoms with Gasteiger partial charge in [-0.15, -0.1) is 11.3 Å². The number of carbonyl (C=O) groups excluding carboxylic acids is 2. The molecule has 1 aliphatic rings. The van der Waals surface area contributed by atoms with E-state index in [4.69, 9.17) is 9.47 Å². The average Bonchev–Trinajstić information content (AvgIpc) is 3.32. The number of hydrogen-bond donors (Lipinski definition) is 0. The lowest BCUT2D eigenvalue weighted by atomic mass is 10.1. The van der Waals surface area contributed by atoms with Gasteiger partial charge in [-0.2, -0.15) is 0 Å². The zero-order valence-electron chi connectivity index (χ0n) is 14.9. The van der Waals surface area contributed by atoms with Crippen LogP contribution in [0.2, 0.25) is 0 Å². The second-order valence-corrected chi connectivity index (χ2v) is 7.07. The number of carbonyl (C=O) groups is 2. The van der Waals surface area contributed by atoms with Crippen LogP contribution in [0, 0.1) is 5.92 Å². The van der Waals surface area contributed by atoms with Gasteiger partial charge in [-0.05, 0) is 25.0 Å². The van der Waals surface area contributed by atoms with Crippen LogP contribution in [0.1, 0.15) is 38.3 Å². The number of anilines is 2. The first-order chi connectivity index (χ1) is 12.6. The Morgan fingerprint density at radius 2 is 2.00 bits per heavy atom. The third-order valence-electron chi connectivity index (χ3n) is 4.42. The normalized spacial score (nSPS) is 14.2. The molecule has 0 bridgehead atoms. The second kappa shape index (κ2) is 8.31. The molecule has 0 spiro atoms. The Kier molecular flexibility index (Phi) is 5.88. The number of ether oxygens (including phenoxy) is 2. The fourth-order valence-corrected chi connectivity index (χ4v) is 3.98. The van der Waals surface area contributed by atoms with E-state index in [0.29, 0.717) is 22.3 Å². The van der Waals surface area contributed by atoms with Gasteiger partial charge in [0.2, 0.25) is 5.91 Å². The minimum Gasteiger partial charge on any atom is -0.495 e. The van der Waals surface area contributed by atoms with Crippen LogP contribution < -0.4 is 9.64 Å². The van der Waals surface area contributed by atoms with Gasteiger partial charge < -0.3 is 9.47 Å². The van der Waals surface area contributed by atoms with Crippen molar-refractivity contribution in [3.05, 3.63) is 35.3 Å². The van der Waals surface area contributed by atoms with Crippen molar-refractivity contribution in [2.24, 2.45) is 5.92 Å². The zero-order chi connectivity index (χ0) is 18.5. The molecule has 1 saturated carbocycles. The van der Waals surface area contributed by atoms with Gasteiger partial charge in [0, 0.05) is 12.3 Å². The molecule has 0 aliphatic heterocycles. The van der Waals surface area contributed by atoms with Crippen molar-refractivity contribution in [2.45, 2.75) is 39.2 Å². The van der Waals surface area contributed by atoms with Crippen molar-refractivity contribution in [1.82, 2.24) is 4.98 Å². The average molecular weight is 374 g/mol. The number of aromatic nitrogens is 1. The third-order valence-corrected chi connectivity index (χ3v) is 5.30. The molecule has 1 fully saturated rings. The standard InChI is InChI=1S/C19H22N2O4S/c1-13(22)21(16-9-5-6-10-17(16)24-2)19-20-15(12-26-19)11-25-18(23)14-7-3-4-8-14/h5-6,9-10,12,14H,3-4,7-8,11H2,1-2H3. The van der Waals surface area contributed by atoms with E-state index in [0.717, 1.165) is 25.7 Å². The van der Waals surface area contributed by atoms with Gasteiger partial charge in [-0.25, -0.2) is 4.98 Å². The van der Waals surface area contributed by atoms with Crippen molar-refractivity contribution in [1.29, 1.82) is 0 Å². The number of rotatable bonds is 6. The molecule has 0 N–H and O–H groups in total. The van der Waals surface area contributed by atoms with Crippen molar-refractivity contribution in [3.63, 3.8) is 0 Å². The van der Waals surface area contributed by atoms with Crippen molar-refractivity contribution >= 4 is 34.0 Å². The molecule has 1 aromatic carbocycles. The predicted octanol–water partition coefficient (Wildman–Crippen LogP) is 4.07. The van der Waals surface area contributed by atoms with E-state index in [2.05, 4.69) is 4.98 Å². The number of thiazole rings is 1. The topological polar surface area (TPSA) is 68.7 Å². The fourth-order valence-electron chi connectivity index (χ4n) is 3.11. The van der Waals surface area contributed by atoms with E-state index < -0.39 is 0 Å². The predicted molar refractivity (Wildman–Crippen MR) is 99.7 cm³/mol. The Hall–Kier alpha value is -2.41. The molecule has 1 aromatic heterocycles. The molecule has 1 aliphatic carbocycles. The number of esters is 1. The van der Waals surface area contributed by atoms with Crippen LogP contribution in [0.4, 0.5) is 10.8 Å². The first-order valence-electron chi connectivity index (χ1n) is 8.65. The van der Waals surface area contributed by atoms with Crippen molar-refractivity contribution < 1.29 is 19.1 Å². The number of hydrogen-bond acceptors (Lipinski definition) is 6. The molecule has 1 heterocycles. The van der Waals surface area contributed by atoms with E-state index in [9.17, 15) is 9.59 Å². The summed E-state index contributed by atoms with van der Waals surface area (Å²) in [5.41, 5.74) is 1.27. The first-order valence-corrected chi connectivity index (χ1v) is 9.53. The summed E-state index contributed by atoms with van der Waals surface area (Å²) < 4.78 is 10.7. The summed E-state index contributed by atoms with van der Waals surface area (Å²) in [6.45, 7) is 1.61. The molecule has 3 rings (SSSR count). The SMILES string of the molecule is COc1ccccc1N(C(C)=O)c1nc(COC(=O)C2CCCC2)cs1. The van der Waals surface area contributed by atoms with Crippen molar-refractivity contribution in [3.8, 4) is 5.75 Å². The Labute approximate surface area is 156 Å². The molecule has 2 aromatic rings. The highest BCUT2D eigenvalue weighted by molar-refractivity contribution is 7.14. The second-order valence-electron chi connectivity index (χ2n) is 6.24. The van der Waals surface area contributed by atoms with Crippen LogP contribution in [-0.4, -0.2) is 24.0 Å². The summed E-state index contributed by atoms with van der Waals surface area (Å²) in [5, 5.41) is 2.33. The Morgan fingerprint density at radius 3 is 2.69 bits per heavy atom. The maximum Gasteiger partial charge on any atom is 0.309 e. The maximum absolute atomic E-state index is 12.2. The van der Waals surface area contributed by atoms with Crippen LogP contribution >= 0.6 is 11.3 Å². The molecule has 0 radical (unpaired) electrons. The Morgan fingerprint density at radius 1 is 1.27 bits per heavy atom. The largest absolute Gasteiger partial charge is 0.495 e. The first kappa shape index (κ1) is 18.4. The molecule has 1 amide bonds. The highest BCUT2D eigenvalue weighted by atomic mass is 32.1. The quantitative estimate of drug-likeness (QED) is 0.713.